The average Bonchev–Trinajstić information content (AvgIpc) is 3.40. The molecule has 0 spiro atoms. The van der Waals surface area contributed by atoms with Crippen LogP contribution in [0.2, 0.25) is 0 Å². The van der Waals surface area contributed by atoms with E-state index in [2.05, 4.69) is 15.6 Å². The lowest BCUT2D eigenvalue weighted by molar-refractivity contribution is -0.163. The van der Waals surface area contributed by atoms with Gasteiger partial charge in [-0.3, -0.25) is 14.6 Å². The SMILES string of the molecule is CC(O)C1C(=O)N2C(C(=O)O)=C(SC3CNC(C(=O)Nc4cc(C(=O)O)c5ncccc5c4)C3)C(C)[C@H]12. The molecule has 0 radical (unpaired) electrons. The number of anilines is 1. The van der Waals surface area contributed by atoms with Crippen LogP contribution in [0.4, 0.5) is 5.69 Å². The van der Waals surface area contributed by atoms with Gasteiger partial charge in [0.2, 0.25) is 11.8 Å². The number of nitrogens with zero attached hydrogens (tertiary/aromatic N) is 2. The molecule has 0 aliphatic carbocycles. The maximum Gasteiger partial charge on any atom is 0.353 e. The fourth-order valence-corrected chi connectivity index (χ4v) is 6.99. The minimum atomic E-state index is -1.19. The number of aliphatic hydroxyl groups is 1. The number of β-lactam (4-membered cyclic amide) rings is 1. The Balaban J connectivity index is 1.29. The highest BCUT2D eigenvalue weighted by molar-refractivity contribution is 8.03. The Morgan fingerprint density at radius 1 is 1.24 bits per heavy atom. The lowest BCUT2D eigenvalue weighted by Gasteiger charge is -2.46. The maximum absolute atomic E-state index is 13.0. The first-order chi connectivity index (χ1) is 17.6. The standard InChI is InChI=1S/C25H26N4O7S/c1-10-19-17(11(2)30)23(32)29(19)20(25(35)36)21(10)37-14-8-16(27-9-14)22(31)28-13-6-12-4-3-5-26-18(12)15(7-13)24(33)34/h3-7,10-11,14,16-17,19,27,30H,8-9H2,1-2H3,(H,28,31)(H,33,34)(H,35,36)/t10?,11?,14?,16?,17?,19-/m1/s1. The van der Waals surface area contributed by atoms with E-state index in [0.717, 1.165) is 0 Å². The summed E-state index contributed by atoms with van der Waals surface area (Å²) < 4.78 is 0. The van der Waals surface area contributed by atoms with E-state index in [1.165, 1.54) is 35.8 Å². The van der Waals surface area contributed by atoms with Gasteiger partial charge in [-0.25, -0.2) is 9.59 Å². The number of fused-ring (bicyclic) bond motifs is 2. The second-order valence-corrected chi connectivity index (χ2v) is 10.9. The molecule has 194 valence electrons. The topological polar surface area (TPSA) is 169 Å². The van der Waals surface area contributed by atoms with Crippen molar-refractivity contribution in [2.75, 3.05) is 11.9 Å². The van der Waals surface area contributed by atoms with Crippen molar-refractivity contribution in [3.8, 4) is 0 Å². The number of carboxylic acids is 2. The number of pyridine rings is 1. The van der Waals surface area contributed by atoms with Crippen molar-refractivity contribution in [3.63, 3.8) is 0 Å². The van der Waals surface area contributed by atoms with Crippen LogP contribution in [0, 0.1) is 11.8 Å². The van der Waals surface area contributed by atoms with Gasteiger partial charge in [-0.15, -0.1) is 11.8 Å². The van der Waals surface area contributed by atoms with Crippen molar-refractivity contribution in [2.45, 2.75) is 43.7 Å². The van der Waals surface area contributed by atoms with Crippen molar-refractivity contribution in [1.29, 1.82) is 0 Å². The number of aromatic nitrogens is 1. The summed E-state index contributed by atoms with van der Waals surface area (Å²) in [4.78, 5) is 55.3. The van der Waals surface area contributed by atoms with E-state index in [1.54, 1.807) is 18.2 Å². The van der Waals surface area contributed by atoms with E-state index in [-0.39, 0.29) is 40.3 Å². The Hall–Kier alpha value is -3.48. The van der Waals surface area contributed by atoms with Gasteiger partial charge < -0.3 is 30.9 Å². The van der Waals surface area contributed by atoms with E-state index in [9.17, 15) is 34.5 Å². The zero-order valence-corrected chi connectivity index (χ0v) is 20.9. The maximum atomic E-state index is 13.0. The van der Waals surface area contributed by atoms with E-state index in [1.807, 2.05) is 6.92 Å². The number of carbonyl (C=O) groups excluding carboxylic acids is 2. The highest BCUT2D eigenvalue weighted by Gasteiger charge is 2.60. The number of aromatic carboxylic acids is 1. The monoisotopic (exact) mass is 526 g/mol. The van der Waals surface area contributed by atoms with Gasteiger partial charge in [0.15, 0.2) is 0 Å². The molecule has 5 unspecified atom stereocenters. The Morgan fingerprint density at radius 2 is 2.00 bits per heavy atom. The highest BCUT2D eigenvalue weighted by Crippen LogP contribution is 2.51. The molecule has 1 aromatic carbocycles. The second-order valence-electron chi connectivity index (χ2n) is 9.60. The lowest BCUT2D eigenvalue weighted by Crippen LogP contribution is -2.63. The van der Waals surface area contributed by atoms with Crippen molar-refractivity contribution < 1.29 is 34.5 Å². The van der Waals surface area contributed by atoms with E-state index in [0.29, 0.717) is 34.5 Å². The largest absolute Gasteiger partial charge is 0.478 e. The van der Waals surface area contributed by atoms with Crippen LogP contribution in [-0.2, 0) is 14.4 Å². The third kappa shape index (κ3) is 4.24. The molecule has 3 aliphatic heterocycles. The molecule has 2 saturated heterocycles. The number of carboxylic acid groups (broad SMARTS) is 2. The number of hydrogen-bond acceptors (Lipinski definition) is 8. The minimum Gasteiger partial charge on any atom is -0.478 e. The van der Waals surface area contributed by atoms with Gasteiger partial charge in [-0.05, 0) is 31.5 Å². The molecular formula is C25H26N4O7S. The zero-order chi connectivity index (χ0) is 26.6. The van der Waals surface area contributed by atoms with Gasteiger partial charge in [0.25, 0.3) is 0 Å². The molecule has 0 saturated carbocycles. The van der Waals surface area contributed by atoms with Gasteiger partial charge in [0.1, 0.15) is 5.70 Å². The average molecular weight is 527 g/mol. The van der Waals surface area contributed by atoms with Crippen LogP contribution in [0.5, 0.6) is 0 Å². The quantitative estimate of drug-likeness (QED) is 0.333. The zero-order valence-electron chi connectivity index (χ0n) is 20.0. The van der Waals surface area contributed by atoms with Crippen molar-refractivity contribution in [2.24, 2.45) is 11.8 Å². The number of aliphatic hydroxyl groups excluding tert-OH is 1. The second kappa shape index (κ2) is 9.43. The molecule has 6 atom stereocenters. The van der Waals surface area contributed by atoms with Crippen molar-refractivity contribution in [1.82, 2.24) is 15.2 Å². The first-order valence-corrected chi connectivity index (χ1v) is 12.8. The molecule has 37 heavy (non-hydrogen) atoms. The smallest absolute Gasteiger partial charge is 0.353 e. The van der Waals surface area contributed by atoms with E-state index in [4.69, 9.17) is 0 Å². The van der Waals surface area contributed by atoms with Crippen LogP contribution in [0.3, 0.4) is 0 Å². The molecule has 0 bridgehead atoms. The molecule has 5 rings (SSSR count). The molecule has 2 fully saturated rings. The molecule has 2 aromatic rings. The molecule has 3 aliphatic rings. The van der Waals surface area contributed by atoms with Crippen LogP contribution < -0.4 is 10.6 Å². The van der Waals surface area contributed by atoms with Gasteiger partial charge in [0.05, 0.1) is 35.2 Å². The summed E-state index contributed by atoms with van der Waals surface area (Å²) >= 11 is 1.35. The normalized spacial score (nSPS) is 27.7. The number of benzene rings is 1. The third-order valence-corrected chi connectivity index (χ3v) is 8.73. The number of hydrogen-bond donors (Lipinski definition) is 5. The fourth-order valence-electron chi connectivity index (χ4n) is 5.51. The van der Waals surface area contributed by atoms with Crippen LogP contribution in [-0.4, -0.2) is 78.9 Å². The van der Waals surface area contributed by atoms with Gasteiger partial charge in [0, 0.05) is 39.9 Å². The summed E-state index contributed by atoms with van der Waals surface area (Å²) in [5, 5.41) is 35.8. The molecule has 12 heteroatoms. The highest BCUT2D eigenvalue weighted by atomic mass is 32.2. The predicted octanol–water partition coefficient (Wildman–Crippen LogP) is 1.49. The minimum absolute atomic E-state index is 0.0146. The number of aliphatic carboxylic acids is 1. The van der Waals surface area contributed by atoms with E-state index < -0.39 is 30.0 Å². The molecule has 1 aromatic heterocycles. The molecular weight excluding hydrogens is 500 g/mol. The van der Waals surface area contributed by atoms with Crippen molar-refractivity contribution >= 4 is 52.1 Å². The number of nitrogens with one attached hydrogen (secondary N) is 2. The van der Waals surface area contributed by atoms with Gasteiger partial charge >= 0.3 is 11.9 Å². The Kier molecular flexibility index (Phi) is 6.42. The number of amides is 2. The van der Waals surface area contributed by atoms with Crippen LogP contribution >= 0.6 is 11.8 Å². The van der Waals surface area contributed by atoms with Gasteiger partial charge in [-0.2, -0.15) is 0 Å². The Morgan fingerprint density at radius 3 is 2.68 bits per heavy atom. The summed E-state index contributed by atoms with van der Waals surface area (Å²) in [5.41, 5.74) is 0.619. The first kappa shape index (κ1) is 25.2. The molecule has 11 nitrogen and oxygen atoms in total. The first-order valence-electron chi connectivity index (χ1n) is 11.9. The lowest BCUT2D eigenvalue weighted by atomic mass is 9.79. The van der Waals surface area contributed by atoms with Gasteiger partial charge in [-0.1, -0.05) is 13.0 Å². The fraction of sp³-hybridized carbons (Fsp3) is 0.400. The van der Waals surface area contributed by atoms with Crippen LogP contribution in [0.15, 0.2) is 41.1 Å². The predicted molar refractivity (Wildman–Crippen MR) is 135 cm³/mol. The Labute approximate surface area is 215 Å². The number of thioether (sulfide) groups is 1. The van der Waals surface area contributed by atoms with Crippen LogP contribution in [0.25, 0.3) is 10.9 Å². The summed E-state index contributed by atoms with van der Waals surface area (Å²) in [6.45, 7) is 3.85. The number of rotatable bonds is 7. The summed E-state index contributed by atoms with van der Waals surface area (Å²) in [6.07, 6.45) is 1.05. The molecule has 5 N–H and O–H groups in total. The Bertz CT molecular complexity index is 1360. The van der Waals surface area contributed by atoms with Crippen LogP contribution in [0.1, 0.15) is 30.6 Å². The van der Waals surface area contributed by atoms with E-state index >= 15 is 0 Å². The van der Waals surface area contributed by atoms with Crippen molar-refractivity contribution in [3.05, 3.63) is 46.6 Å². The summed E-state index contributed by atoms with van der Waals surface area (Å²) in [6, 6.07) is 5.49. The molecule has 4 heterocycles. The summed E-state index contributed by atoms with van der Waals surface area (Å²) in [7, 11) is 0. The number of carbonyl (C=O) groups is 4. The molecule has 2 amide bonds. The third-order valence-electron chi connectivity index (χ3n) is 7.21. The summed E-state index contributed by atoms with van der Waals surface area (Å²) in [5.74, 6) is -3.92.